The normalized spacial score (nSPS) is 22.5. The highest BCUT2D eigenvalue weighted by Gasteiger charge is 2.23. The number of nitrogens with one attached hydrogen (secondary N) is 1. The molecule has 0 spiro atoms. The van der Waals surface area contributed by atoms with Crippen molar-refractivity contribution in [2.45, 2.75) is 20.3 Å². The first-order valence-electron chi connectivity index (χ1n) is 9.57. The van der Waals surface area contributed by atoms with Crippen LogP contribution < -0.4 is 10.2 Å². The summed E-state index contributed by atoms with van der Waals surface area (Å²) in [5, 5.41) is 3.47. The van der Waals surface area contributed by atoms with E-state index in [0.717, 1.165) is 57.7 Å². The largest absolute Gasteiger partial charge is 0.357 e. The van der Waals surface area contributed by atoms with Crippen LogP contribution in [0.5, 0.6) is 0 Å². The van der Waals surface area contributed by atoms with E-state index in [1.165, 1.54) is 19.5 Å². The van der Waals surface area contributed by atoms with Gasteiger partial charge in [0, 0.05) is 58.2 Å². The van der Waals surface area contributed by atoms with E-state index in [-0.39, 0.29) is 0 Å². The van der Waals surface area contributed by atoms with Gasteiger partial charge in [-0.3, -0.25) is 4.99 Å². The van der Waals surface area contributed by atoms with Crippen LogP contribution in [0.3, 0.4) is 0 Å². The molecule has 1 atom stereocenters. The summed E-state index contributed by atoms with van der Waals surface area (Å²) >= 11 is 0. The second-order valence-corrected chi connectivity index (χ2v) is 6.77. The Hall–Kier alpha value is -1.89. The zero-order chi connectivity index (χ0) is 17.5. The Bertz CT molecular complexity index is 540. The number of anilines is 1. The summed E-state index contributed by atoms with van der Waals surface area (Å²) in [5.41, 5.74) is 0. The third-order valence-electron chi connectivity index (χ3n) is 5.07. The maximum absolute atomic E-state index is 4.94. The SMILES string of the molecule is CCNC(=NCC1CCN(CC)C1)N1CCN(c2ncccn2)CC1. The molecule has 0 aliphatic carbocycles. The number of hydrogen-bond acceptors (Lipinski definition) is 5. The van der Waals surface area contributed by atoms with E-state index in [4.69, 9.17) is 4.99 Å². The molecule has 0 saturated carbocycles. The predicted molar refractivity (Wildman–Crippen MR) is 102 cm³/mol. The van der Waals surface area contributed by atoms with Crippen LogP contribution in [0.1, 0.15) is 20.3 Å². The van der Waals surface area contributed by atoms with Gasteiger partial charge in [-0.2, -0.15) is 0 Å². The Morgan fingerprint density at radius 1 is 1.16 bits per heavy atom. The van der Waals surface area contributed by atoms with Crippen molar-refractivity contribution in [3.8, 4) is 0 Å². The minimum atomic E-state index is 0.701. The lowest BCUT2D eigenvalue weighted by Gasteiger charge is -2.36. The van der Waals surface area contributed by atoms with Crippen LogP contribution in [0, 0.1) is 5.92 Å². The van der Waals surface area contributed by atoms with E-state index in [9.17, 15) is 0 Å². The van der Waals surface area contributed by atoms with E-state index in [1.54, 1.807) is 12.4 Å². The average molecular weight is 345 g/mol. The lowest BCUT2D eigenvalue weighted by Crippen LogP contribution is -2.53. The van der Waals surface area contributed by atoms with Crippen molar-refractivity contribution >= 4 is 11.9 Å². The van der Waals surface area contributed by atoms with E-state index < -0.39 is 0 Å². The third-order valence-corrected chi connectivity index (χ3v) is 5.07. The standard InChI is InChI=1S/C18H31N7/c1-3-19-17(22-14-16-6-9-23(4-2)15-16)24-10-12-25(13-11-24)18-20-7-5-8-21-18/h5,7-8,16H,3-4,6,9-15H2,1-2H3,(H,19,22). The predicted octanol–water partition coefficient (Wildman–Crippen LogP) is 0.906. The highest BCUT2D eigenvalue weighted by atomic mass is 15.4. The quantitative estimate of drug-likeness (QED) is 0.632. The van der Waals surface area contributed by atoms with Crippen molar-refractivity contribution in [2.75, 3.05) is 63.8 Å². The molecule has 1 N–H and O–H groups in total. The van der Waals surface area contributed by atoms with Gasteiger partial charge >= 0.3 is 0 Å². The monoisotopic (exact) mass is 345 g/mol. The second kappa shape index (κ2) is 8.99. The Kier molecular flexibility index (Phi) is 6.44. The molecule has 2 saturated heterocycles. The molecule has 0 radical (unpaired) electrons. The number of rotatable bonds is 5. The summed E-state index contributed by atoms with van der Waals surface area (Å²) in [6.45, 7) is 13.6. The van der Waals surface area contributed by atoms with E-state index in [1.807, 2.05) is 6.07 Å². The minimum absolute atomic E-state index is 0.701. The Morgan fingerprint density at radius 3 is 2.56 bits per heavy atom. The molecule has 138 valence electrons. The fourth-order valence-electron chi connectivity index (χ4n) is 3.56. The van der Waals surface area contributed by atoms with Gasteiger partial charge in [-0.15, -0.1) is 0 Å². The lowest BCUT2D eigenvalue weighted by molar-refractivity contribution is 0.342. The topological polar surface area (TPSA) is 59.9 Å². The van der Waals surface area contributed by atoms with Crippen molar-refractivity contribution in [1.29, 1.82) is 0 Å². The van der Waals surface area contributed by atoms with Gasteiger partial charge in [0.25, 0.3) is 0 Å². The summed E-state index contributed by atoms with van der Waals surface area (Å²) in [6.07, 6.45) is 4.89. The molecule has 0 amide bonds. The number of likely N-dealkylation sites (tertiary alicyclic amines) is 1. The molecule has 7 heteroatoms. The number of aliphatic imine (C=N–C) groups is 1. The van der Waals surface area contributed by atoms with Crippen LogP contribution in [0.4, 0.5) is 5.95 Å². The fraction of sp³-hybridized carbons (Fsp3) is 0.722. The molecule has 0 aromatic carbocycles. The van der Waals surface area contributed by atoms with Crippen LogP contribution in [-0.4, -0.2) is 84.6 Å². The van der Waals surface area contributed by atoms with Crippen molar-refractivity contribution in [2.24, 2.45) is 10.9 Å². The van der Waals surface area contributed by atoms with Crippen LogP contribution >= 0.6 is 0 Å². The molecule has 1 aromatic heterocycles. The van der Waals surface area contributed by atoms with E-state index in [2.05, 4.69) is 43.8 Å². The first-order valence-corrected chi connectivity index (χ1v) is 9.57. The van der Waals surface area contributed by atoms with Crippen molar-refractivity contribution < 1.29 is 0 Å². The number of guanidine groups is 1. The molecule has 2 aliphatic rings. The molecular formula is C18H31N7. The number of piperazine rings is 1. The molecule has 7 nitrogen and oxygen atoms in total. The smallest absolute Gasteiger partial charge is 0.225 e. The highest BCUT2D eigenvalue weighted by Crippen LogP contribution is 2.16. The van der Waals surface area contributed by atoms with Gasteiger partial charge in [-0.25, -0.2) is 9.97 Å². The molecule has 2 aliphatic heterocycles. The number of hydrogen-bond donors (Lipinski definition) is 1. The lowest BCUT2D eigenvalue weighted by atomic mass is 10.1. The van der Waals surface area contributed by atoms with Gasteiger partial charge in [-0.05, 0) is 38.4 Å². The first kappa shape index (κ1) is 17.9. The molecule has 2 fully saturated rings. The van der Waals surface area contributed by atoms with Gasteiger partial charge < -0.3 is 20.0 Å². The Morgan fingerprint density at radius 2 is 1.92 bits per heavy atom. The van der Waals surface area contributed by atoms with Gasteiger partial charge in [0.2, 0.25) is 5.95 Å². The molecule has 3 heterocycles. The molecule has 1 unspecified atom stereocenters. The van der Waals surface area contributed by atoms with Gasteiger partial charge in [-0.1, -0.05) is 6.92 Å². The molecular weight excluding hydrogens is 314 g/mol. The molecule has 25 heavy (non-hydrogen) atoms. The summed E-state index contributed by atoms with van der Waals surface area (Å²) in [7, 11) is 0. The van der Waals surface area contributed by atoms with Crippen molar-refractivity contribution in [3.05, 3.63) is 18.5 Å². The van der Waals surface area contributed by atoms with Crippen molar-refractivity contribution in [3.63, 3.8) is 0 Å². The van der Waals surface area contributed by atoms with Gasteiger partial charge in [0.15, 0.2) is 5.96 Å². The summed E-state index contributed by atoms with van der Waals surface area (Å²) < 4.78 is 0. The zero-order valence-corrected chi connectivity index (χ0v) is 15.6. The molecule has 1 aromatic rings. The summed E-state index contributed by atoms with van der Waals surface area (Å²) in [5.74, 6) is 2.59. The van der Waals surface area contributed by atoms with Gasteiger partial charge in [0.1, 0.15) is 0 Å². The molecule has 0 bridgehead atoms. The molecule has 3 rings (SSSR count). The summed E-state index contributed by atoms with van der Waals surface area (Å²) in [4.78, 5) is 20.8. The Labute approximate surface area is 151 Å². The van der Waals surface area contributed by atoms with Crippen molar-refractivity contribution in [1.82, 2.24) is 25.1 Å². The number of aromatic nitrogens is 2. The van der Waals surface area contributed by atoms with Crippen LogP contribution in [0.2, 0.25) is 0 Å². The summed E-state index contributed by atoms with van der Waals surface area (Å²) in [6, 6.07) is 1.86. The fourth-order valence-corrected chi connectivity index (χ4v) is 3.56. The maximum atomic E-state index is 4.94. The zero-order valence-electron chi connectivity index (χ0n) is 15.6. The average Bonchev–Trinajstić information content (AvgIpc) is 3.14. The number of nitrogens with zero attached hydrogens (tertiary/aromatic N) is 6. The third kappa shape index (κ3) is 4.81. The van der Waals surface area contributed by atoms with Crippen LogP contribution in [0.25, 0.3) is 0 Å². The van der Waals surface area contributed by atoms with E-state index in [0.29, 0.717) is 5.92 Å². The first-order chi connectivity index (χ1) is 12.3. The van der Waals surface area contributed by atoms with Gasteiger partial charge in [0.05, 0.1) is 0 Å². The second-order valence-electron chi connectivity index (χ2n) is 6.77. The van der Waals surface area contributed by atoms with E-state index >= 15 is 0 Å². The maximum Gasteiger partial charge on any atom is 0.225 e. The highest BCUT2D eigenvalue weighted by molar-refractivity contribution is 5.80. The Balaban J connectivity index is 1.54. The van der Waals surface area contributed by atoms with Crippen LogP contribution in [0.15, 0.2) is 23.5 Å². The van der Waals surface area contributed by atoms with Crippen LogP contribution in [-0.2, 0) is 0 Å². The minimum Gasteiger partial charge on any atom is -0.357 e.